The molecule has 1 aliphatic carbocycles. The Bertz CT molecular complexity index is 335. The Hall–Kier alpha value is -0.400. The van der Waals surface area contributed by atoms with Crippen LogP contribution in [0.4, 0.5) is 0 Å². The zero-order valence-corrected chi connectivity index (χ0v) is 12.8. The summed E-state index contributed by atoms with van der Waals surface area (Å²) in [4.78, 5) is 0. The Balaban J connectivity index is 2.81. The quantitative estimate of drug-likeness (QED) is 0.686. The van der Waals surface area contributed by atoms with Gasteiger partial charge in [-0.15, -0.1) is 0 Å². The molecule has 1 fully saturated rings. The highest BCUT2D eigenvalue weighted by Crippen LogP contribution is 2.54. The van der Waals surface area contributed by atoms with Gasteiger partial charge in [0.05, 0.1) is 19.3 Å². The van der Waals surface area contributed by atoms with Gasteiger partial charge in [-0.05, 0) is 39.5 Å². The molecule has 0 amide bonds. The number of hydrogen-bond donors (Lipinski definition) is 0. The van der Waals surface area contributed by atoms with Crippen LogP contribution in [0.5, 0.6) is 0 Å². The molecule has 0 atom stereocenters. The van der Waals surface area contributed by atoms with E-state index in [1.807, 2.05) is 0 Å². The molecule has 0 unspecified atom stereocenters. The molecule has 1 rings (SSSR count). The van der Waals surface area contributed by atoms with Crippen LogP contribution in [-0.4, -0.2) is 18.8 Å². The lowest BCUT2D eigenvalue weighted by molar-refractivity contribution is 0.0307. The summed E-state index contributed by atoms with van der Waals surface area (Å²) in [7, 11) is -3.63. The molecule has 0 bridgehead atoms. The minimum Gasteiger partial charge on any atom is -0.287 e. The largest absolute Gasteiger partial charge is 0.476 e. The first-order valence-corrected chi connectivity index (χ1v) is 8.57. The fraction of sp³-hybridized carbons (Fsp3) is 0.923. The first-order valence-electron chi connectivity index (χ1n) is 7.11. The zero-order chi connectivity index (χ0) is 14.2. The maximum atomic E-state index is 12.4. The SMILES string of the molecule is CCOP(=O)(OCC)OC1(C#N)CCCCCCC1. The molecular weight excluding hydrogens is 265 g/mol. The predicted molar refractivity (Wildman–Crippen MR) is 72.6 cm³/mol. The number of hydrogen-bond acceptors (Lipinski definition) is 5. The lowest BCUT2D eigenvalue weighted by atomic mass is 9.88. The fourth-order valence-corrected chi connectivity index (χ4v) is 3.78. The summed E-state index contributed by atoms with van der Waals surface area (Å²) in [5.41, 5.74) is -1.03. The van der Waals surface area contributed by atoms with Crippen LogP contribution in [0.2, 0.25) is 0 Å². The van der Waals surface area contributed by atoms with Crippen LogP contribution < -0.4 is 0 Å². The van der Waals surface area contributed by atoms with Gasteiger partial charge >= 0.3 is 7.82 Å². The summed E-state index contributed by atoms with van der Waals surface area (Å²) in [5.74, 6) is 0. The second-order valence-electron chi connectivity index (χ2n) is 4.75. The summed E-state index contributed by atoms with van der Waals surface area (Å²) in [6, 6.07) is 2.20. The Labute approximate surface area is 115 Å². The van der Waals surface area contributed by atoms with Crippen molar-refractivity contribution in [3.05, 3.63) is 0 Å². The van der Waals surface area contributed by atoms with Gasteiger partial charge in [-0.2, -0.15) is 5.26 Å². The first kappa shape index (κ1) is 16.7. The number of phosphoric acid groups is 1. The van der Waals surface area contributed by atoms with Gasteiger partial charge in [0, 0.05) is 0 Å². The molecule has 1 aliphatic rings. The fourth-order valence-electron chi connectivity index (χ4n) is 2.32. The van der Waals surface area contributed by atoms with Crippen LogP contribution in [0.25, 0.3) is 0 Å². The summed E-state index contributed by atoms with van der Waals surface area (Å²) >= 11 is 0. The summed E-state index contributed by atoms with van der Waals surface area (Å²) in [6.07, 6.45) is 6.36. The Morgan fingerprint density at radius 3 is 1.95 bits per heavy atom. The molecule has 0 aromatic heterocycles. The molecule has 110 valence electrons. The molecule has 0 aromatic rings. The average molecular weight is 289 g/mol. The van der Waals surface area contributed by atoms with Crippen LogP contribution in [0.3, 0.4) is 0 Å². The van der Waals surface area contributed by atoms with Crippen LogP contribution >= 0.6 is 7.82 Å². The van der Waals surface area contributed by atoms with Gasteiger partial charge in [-0.1, -0.05) is 19.3 Å². The van der Waals surface area contributed by atoms with Crippen LogP contribution in [0.1, 0.15) is 58.8 Å². The van der Waals surface area contributed by atoms with Gasteiger partial charge in [0.15, 0.2) is 5.60 Å². The standard InChI is InChI=1S/C13H24NO4P/c1-3-16-19(15,17-4-2)18-13(12-14)10-8-6-5-7-9-11-13/h3-11H2,1-2H3. The highest BCUT2D eigenvalue weighted by Gasteiger charge is 2.41. The Morgan fingerprint density at radius 1 is 1.05 bits per heavy atom. The Morgan fingerprint density at radius 2 is 1.53 bits per heavy atom. The zero-order valence-electron chi connectivity index (χ0n) is 11.9. The maximum absolute atomic E-state index is 12.4. The molecule has 0 saturated heterocycles. The van der Waals surface area contributed by atoms with Crippen molar-refractivity contribution >= 4 is 7.82 Å². The third-order valence-electron chi connectivity index (χ3n) is 3.23. The van der Waals surface area contributed by atoms with E-state index in [0.29, 0.717) is 12.8 Å². The number of phosphoric ester groups is 1. The number of nitriles is 1. The van der Waals surface area contributed by atoms with E-state index in [2.05, 4.69) is 6.07 Å². The van der Waals surface area contributed by atoms with Crippen molar-refractivity contribution < 1.29 is 18.1 Å². The predicted octanol–water partition coefficient (Wildman–Crippen LogP) is 4.19. The molecule has 5 nitrogen and oxygen atoms in total. The van der Waals surface area contributed by atoms with Gasteiger partial charge in [0.1, 0.15) is 0 Å². The average Bonchev–Trinajstić information content (AvgIpc) is 2.33. The number of rotatable bonds is 6. The molecule has 0 aliphatic heterocycles. The smallest absolute Gasteiger partial charge is 0.287 e. The summed E-state index contributed by atoms with van der Waals surface area (Å²) in [5, 5.41) is 9.45. The van der Waals surface area contributed by atoms with E-state index in [-0.39, 0.29) is 13.2 Å². The minimum absolute atomic E-state index is 0.235. The lowest BCUT2D eigenvalue weighted by Gasteiger charge is -2.31. The molecule has 0 aromatic carbocycles. The first-order chi connectivity index (χ1) is 9.10. The van der Waals surface area contributed by atoms with Crippen molar-refractivity contribution in [1.29, 1.82) is 5.26 Å². The highest BCUT2D eigenvalue weighted by atomic mass is 31.2. The van der Waals surface area contributed by atoms with E-state index >= 15 is 0 Å². The van der Waals surface area contributed by atoms with Gasteiger partial charge in [0.2, 0.25) is 0 Å². The van der Waals surface area contributed by atoms with E-state index in [0.717, 1.165) is 25.7 Å². The van der Waals surface area contributed by atoms with Gasteiger partial charge < -0.3 is 0 Å². The van der Waals surface area contributed by atoms with E-state index in [1.165, 1.54) is 6.42 Å². The molecule has 6 heteroatoms. The third-order valence-corrected chi connectivity index (χ3v) is 4.95. The van der Waals surface area contributed by atoms with Crippen molar-refractivity contribution in [1.82, 2.24) is 0 Å². The monoisotopic (exact) mass is 289 g/mol. The topological polar surface area (TPSA) is 68.6 Å². The second-order valence-corrected chi connectivity index (χ2v) is 6.34. The normalized spacial score (nSPS) is 20.3. The molecular formula is C13H24NO4P. The maximum Gasteiger partial charge on any atom is 0.476 e. The van der Waals surface area contributed by atoms with Gasteiger partial charge in [-0.3, -0.25) is 13.6 Å². The highest BCUT2D eigenvalue weighted by molar-refractivity contribution is 7.48. The Kier molecular flexibility index (Phi) is 7.02. The molecule has 0 N–H and O–H groups in total. The van der Waals surface area contributed by atoms with Crippen molar-refractivity contribution in [2.24, 2.45) is 0 Å². The van der Waals surface area contributed by atoms with Crippen LogP contribution in [-0.2, 0) is 18.1 Å². The third kappa shape index (κ3) is 5.24. The molecule has 0 heterocycles. The lowest BCUT2D eigenvalue weighted by Crippen LogP contribution is -2.31. The van der Waals surface area contributed by atoms with Crippen LogP contribution in [0.15, 0.2) is 0 Å². The van der Waals surface area contributed by atoms with Crippen molar-refractivity contribution in [3.63, 3.8) is 0 Å². The summed E-state index contributed by atoms with van der Waals surface area (Å²) in [6.45, 7) is 3.93. The van der Waals surface area contributed by atoms with E-state index in [9.17, 15) is 9.83 Å². The van der Waals surface area contributed by atoms with Crippen molar-refractivity contribution in [3.8, 4) is 6.07 Å². The molecule has 1 saturated carbocycles. The van der Waals surface area contributed by atoms with E-state index in [4.69, 9.17) is 13.6 Å². The van der Waals surface area contributed by atoms with E-state index in [1.54, 1.807) is 13.8 Å². The van der Waals surface area contributed by atoms with Gasteiger partial charge in [-0.25, -0.2) is 4.57 Å². The second kappa shape index (κ2) is 8.01. The summed E-state index contributed by atoms with van der Waals surface area (Å²) < 4.78 is 28.3. The molecule has 19 heavy (non-hydrogen) atoms. The molecule has 0 spiro atoms. The van der Waals surface area contributed by atoms with Gasteiger partial charge in [0.25, 0.3) is 0 Å². The number of nitrogens with zero attached hydrogens (tertiary/aromatic N) is 1. The van der Waals surface area contributed by atoms with Crippen molar-refractivity contribution in [2.75, 3.05) is 13.2 Å². The minimum atomic E-state index is -3.63. The molecule has 0 radical (unpaired) electrons. The van der Waals surface area contributed by atoms with Crippen LogP contribution in [0, 0.1) is 11.3 Å². The van der Waals surface area contributed by atoms with E-state index < -0.39 is 13.4 Å². The van der Waals surface area contributed by atoms with Crippen molar-refractivity contribution in [2.45, 2.75) is 64.4 Å².